The van der Waals surface area contributed by atoms with E-state index in [0.717, 1.165) is 31.2 Å². The molecule has 1 N–H and O–H groups in total. The summed E-state index contributed by atoms with van der Waals surface area (Å²) in [4.78, 5) is 40.3. The highest BCUT2D eigenvalue weighted by molar-refractivity contribution is 5.81. The molecule has 0 unspecified atom stereocenters. The fourth-order valence-electron chi connectivity index (χ4n) is 4.14. The van der Waals surface area contributed by atoms with E-state index in [1.165, 1.54) is 5.56 Å². The summed E-state index contributed by atoms with van der Waals surface area (Å²) < 4.78 is 0. The van der Waals surface area contributed by atoms with Crippen LogP contribution < -0.4 is 5.32 Å². The molecule has 2 aliphatic rings. The Morgan fingerprint density at radius 2 is 1.43 bits per heavy atom. The molecule has 1 saturated heterocycles. The Kier molecular flexibility index (Phi) is 6.70. The summed E-state index contributed by atoms with van der Waals surface area (Å²) in [5.74, 6) is 0.390. The zero-order valence-electron chi connectivity index (χ0n) is 16.9. The van der Waals surface area contributed by atoms with Crippen molar-refractivity contribution in [3.63, 3.8) is 0 Å². The van der Waals surface area contributed by atoms with Gasteiger partial charge in [-0.25, -0.2) is 0 Å². The molecule has 1 aliphatic heterocycles. The molecule has 152 valence electrons. The van der Waals surface area contributed by atoms with E-state index < -0.39 is 0 Å². The van der Waals surface area contributed by atoms with Crippen LogP contribution in [0.15, 0.2) is 24.3 Å². The maximum absolute atomic E-state index is 12.8. The quantitative estimate of drug-likeness (QED) is 0.863. The Balaban J connectivity index is 1.41. The van der Waals surface area contributed by atoms with E-state index in [4.69, 9.17) is 0 Å². The van der Waals surface area contributed by atoms with Crippen LogP contribution in [-0.2, 0) is 20.9 Å². The molecule has 1 aromatic rings. The van der Waals surface area contributed by atoms with Crippen molar-refractivity contribution in [3.8, 4) is 0 Å². The number of rotatable bonds is 4. The maximum atomic E-state index is 12.8. The van der Waals surface area contributed by atoms with Crippen LogP contribution >= 0.6 is 0 Å². The summed E-state index contributed by atoms with van der Waals surface area (Å²) in [6, 6.07) is 8.18. The number of carbonyl (C=O) groups excluding carboxylic acids is 3. The Morgan fingerprint density at radius 3 is 2.00 bits per heavy atom. The van der Waals surface area contributed by atoms with Crippen molar-refractivity contribution in [2.24, 2.45) is 11.8 Å². The molecule has 2 fully saturated rings. The Hall–Kier alpha value is -2.37. The summed E-state index contributed by atoms with van der Waals surface area (Å²) in [6.45, 7) is 6.66. The van der Waals surface area contributed by atoms with Crippen LogP contribution in [0.2, 0.25) is 0 Å². The van der Waals surface area contributed by atoms with E-state index in [9.17, 15) is 14.4 Å². The maximum Gasteiger partial charge on any atom is 0.225 e. The molecule has 6 heteroatoms. The van der Waals surface area contributed by atoms with Gasteiger partial charge in [-0.1, -0.05) is 29.8 Å². The number of amides is 3. The SMILES string of the molecule is CC(=O)N1CCN(C(=O)C2CCC(C(=O)NCc3ccc(C)cc3)CC2)CC1. The van der Waals surface area contributed by atoms with Crippen LogP contribution in [0.4, 0.5) is 0 Å². The Morgan fingerprint density at radius 1 is 0.893 bits per heavy atom. The summed E-state index contributed by atoms with van der Waals surface area (Å²) >= 11 is 0. The van der Waals surface area contributed by atoms with Gasteiger partial charge in [0.2, 0.25) is 17.7 Å². The number of carbonyl (C=O) groups is 3. The number of nitrogens with zero attached hydrogens (tertiary/aromatic N) is 2. The first-order chi connectivity index (χ1) is 13.4. The lowest BCUT2D eigenvalue weighted by Crippen LogP contribution is -2.51. The van der Waals surface area contributed by atoms with Gasteiger partial charge >= 0.3 is 0 Å². The number of hydrogen-bond donors (Lipinski definition) is 1. The molecule has 0 bridgehead atoms. The van der Waals surface area contributed by atoms with Crippen LogP contribution in [0.1, 0.15) is 43.7 Å². The first-order valence-corrected chi connectivity index (χ1v) is 10.3. The van der Waals surface area contributed by atoms with Gasteiger partial charge in [0.25, 0.3) is 0 Å². The van der Waals surface area contributed by atoms with Gasteiger partial charge < -0.3 is 15.1 Å². The zero-order valence-corrected chi connectivity index (χ0v) is 16.9. The highest BCUT2D eigenvalue weighted by Crippen LogP contribution is 2.30. The summed E-state index contributed by atoms with van der Waals surface area (Å²) in [5.41, 5.74) is 2.31. The third-order valence-electron chi connectivity index (χ3n) is 6.07. The van der Waals surface area contributed by atoms with Gasteiger partial charge in [-0.15, -0.1) is 0 Å². The lowest BCUT2D eigenvalue weighted by Gasteiger charge is -2.37. The van der Waals surface area contributed by atoms with Crippen molar-refractivity contribution in [1.82, 2.24) is 15.1 Å². The third-order valence-corrected chi connectivity index (χ3v) is 6.07. The minimum absolute atomic E-state index is 0.00376. The van der Waals surface area contributed by atoms with Crippen LogP contribution in [0, 0.1) is 18.8 Å². The second kappa shape index (κ2) is 9.22. The van der Waals surface area contributed by atoms with Crippen molar-refractivity contribution >= 4 is 17.7 Å². The van der Waals surface area contributed by atoms with Gasteiger partial charge in [0.1, 0.15) is 0 Å². The topological polar surface area (TPSA) is 69.7 Å². The average Bonchev–Trinajstić information content (AvgIpc) is 2.73. The molecule has 28 heavy (non-hydrogen) atoms. The molecule has 1 aromatic carbocycles. The minimum atomic E-state index is 0.00376. The number of nitrogens with one attached hydrogen (secondary N) is 1. The molecule has 3 rings (SSSR count). The molecular formula is C22H31N3O3. The summed E-state index contributed by atoms with van der Waals surface area (Å²) in [5, 5.41) is 3.04. The molecule has 6 nitrogen and oxygen atoms in total. The molecule has 0 spiro atoms. The molecule has 0 aromatic heterocycles. The average molecular weight is 386 g/mol. The smallest absolute Gasteiger partial charge is 0.225 e. The lowest BCUT2D eigenvalue weighted by molar-refractivity contribution is -0.143. The normalized spacial score (nSPS) is 22.6. The molecule has 1 saturated carbocycles. The molecule has 0 radical (unpaired) electrons. The van der Waals surface area contributed by atoms with Gasteiger partial charge in [-0.05, 0) is 38.2 Å². The van der Waals surface area contributed by atoms with Crippen LogP contribution in [-0.4, -0.2) is 53.7 Å². The van der Waals surface area contributed by atoms with Gasteiger partial charge in [0.05, 0.1) is 0 Å². The lowest BCUT2D eigenvalue weighted by atomic mass is 9.80. The van der Waals surface area contributed by atoms with Gasteiger partial charge in [-0.3, -0.25) is 14.4 Å². The Labute approximate surface area is 167 Å². The molecule has 1 aliphatic carbocycles. The largest absolute Gasteiger partial charge is 0.352 e. The highest BCUT2D eigenvalue weighted by Gasteiger charge is 2.33. The predicted molar refractivity (Wildman–Crippen MR) is 107 cm³/mol. The monoisotopic (exact) mass is 385 g/mol. The van der Waals surface area contributed by atoms with Crippen LogP contribution in [0.3, 0.4) is 0 Å². The first kappa shape index (κ1) is 20.4. The van der Waals surface area contributed by atoms with Crippen molar-refractivity contribution in [2.75, 3.05) is 26.2 Å². The number of aryl methyl sites for hydroxylation is 1. The van der Waals surface area contributed by atoms with Crippen molar-refractivity contribution in [3.05, 3.63) is 35.4 Å². The molecular weight excluding hydrogens is 354 g/mol. The second-order valence-corrected chi connectivity index (χ2v) is 8.08. The van der Waals surface area contributed by atoms with E-state index in [2.05, 4.69) is 17.4 Å². The summed E-state index contributed by atoms with van der Waals surface area (Å²) in [7, 11) is 0. The van der Waals surface area contributed by atoms with Crippen LogP contribution in [0.25, 0.3) is 0 Å². The van der Waals surface area contributed by atoms with E-state index >= 15 is 0 Å². The molecule has 1 heterocycles. The van der Waals surface area contributed by atoms with Gasteiger partial charge in [-0.2, -0.15) is 0 Å². The number of benzene rings is 1. The first-order valence-electron chi connectivity index (χ1n) is 10.3. The van der Waals surface area contributed by atoms with Crippen molar-refractivity contribution < 1.29 is 14.4 Å². The van der Waals surface area contributed by atoms with E-state index in [1.54, 1.807) is 11.8 Å². The number of piperazine rings is 1. The number of hydrogen-bond acceptors (Lipinski definition) is 3. The third kappa shape index (κ3) is 5.12. The molecule has 3 amide bonds. The minimum Gasteiger partial charge on any atom is -0.352 e. The van der Waals surface area contributed by atoms with E-state index in [0.29, 0.717) is 32.7 Å². The molecule has 0 atom stereocenters. The fourth-order valence-corrected chi connectivity index (χ4v) is 4.14. The van der Waals surface area contributed by atoms with Crippen molar-refractivity contribution in [2.45, 2.75) is 46.1 Å². The van der Waals surface area contributed by atoms with Gasteiger partial charge in [0, 0.05) is 51.5 Å². The Bertz CT molecular complexity index is 700. The predicted octanol–water partition coefficient (Wildman–Crippen LogP) is 2.11. The van der Waals surface area contributed by atoms with Gasteiger partial charge in [0.15, 0.2) is 0 Å². The van der Waals surface area contributed by atoms with E-state index in [1.807, 2.05) is 24.0 Å². The highest BCUT2D eigenvalue weighted by atomic mass is 16.2. The van der Waals surface area contributed by atoms with Crippen molar-refractivity contribution in [1.29, 1.82) is 0 Å². The summed E-state index contributed by atoms with van der Waals surface area (Å²) in [6.07, 6.45) is 3.08. The van der Waals surface area contributed by atoms with E-state index in [-0.39, 0.29) is 29.6 Å². The fraction of sp³-hybridized carbons (Fsp3) is 0.591. The second-order valence-electron chi connectivity index (χ2n) is 8.08. The van der Waals surface area contributed by atoms with Crippen LogP contribution in [0.5, 0.6) is 0 Å². The zero-order chi connectivity index (χ0) is 20.1. The standard InChI is InChI=1S/C22H31N3O3/c1-16-3-5-18(6-4-16)15-23-21(27)19-7-9-20(10-8-19)22(28)25-13-11-24(12-14-25)17(2)26/h3-6,19-20H,7-15H2,1-2H3,(H,23,27).